The number of carbonyl (C=O) groups excluding carboxylic acids is 1. The highest BCUT2D eigenvalue weighted by Gasteiger charge is 2.35. The van der Waals surface area contributed by atoms with Crippen LogP contribution in [0.4, 0.5) is 10.9 Å². The molecule has 26 heavy (non-hydrogen) atoms. The Kier molecular flexibility index (Phi) is 5.79. The second-order valence-electron chi connectivity index (χ2n) is 6.13. The zero-order valence-electron chi connectivity index (χ0n) is 14.4. The number of aliphatic carboxylic acids is 1. The zero-order valence-corrected chi connectivity index (χ0v) is 15.2. The van der Waals surface area contributed by atoms with Gasteiger partial charge in [-0.3, -0.25) is 14.5 Å². The molecule has 0 unspecified atom stereocenters. The van der Waals surface area contributed by atoms with Gasteiger partial charge in [-0.1, -0.05) is 13.0 Å². The molecule has 1 amide bonds. The number of nitrogens with zero attached hydrogens (tertiary/aromatic N) is 3. The van der Waals surface area contributed by atoms with Gasteiger partial charge in [-0.2, -0.15) is 0 Å². The van der Waals surface area contributed by atoms with E-state index in [9.17, 15) is 9.59 Å². The van der Waals surface area contributed by atoms with Crippen molar-refractivity contribution in [1.82, 2.24) is 20.2 Å². The SMILES string of the molecule is CCN(CC(=O)O)C1CC(NC(=O)c2csc(Nc3ccccn3)n2)C1. The van der Waals surface area contributed by atoms with E-state index in [0.717, 1.165) is 12.8 Å². The molecule has 2 aromatic rings. The number of hydrogen-bond donors (Lipinski definition) is 3. The molecule has 2 heterocycles. The summed E-state index contributed by atoms with van der Waals surface area (Å²) in [6.45, 7) is 2.67. The van der Waals surface area contributed by atoms with Crippen LogP contribution in [0.15, 0.2) is 29.8 Å². The molecule has 9 heteroatoms. The highest BCUT2D eigenvalue weighted by Crippen LogP contribution is 2.26. The van der Waals surface area contributed by atoms with E-state index in [0.29, 0.717) is 23.2 Å². The third-order valence-corrected chi connectivity index (χ3v) is 5.10. The Labute approximate surface area is 155 Å². The average Bonchev–Trinajstić information content (AvgIpc) is 3.05. The topological polar surface area (TPSA) is 107 Å². The van der Waals surface area contributed by atoms with Gasteiger partial charge in [0, 0.05) is 23.7 Å². The second-order valence-corrected chi connectivity index (χ2v) is 6.99. The quantitative estimate of drug-likeness (QED) is 0.647. The second kappa shape index (κ2) is 8.24. The Morgan fingerprint density at radius 2 is 2.19 bits per heavy atom. The monoisotopic (exact) mass is 375 g/mol. The molecule has 1 saturated carbocycles. The maximum absolute atomic E-state index is 12.3. The number of hydrogen-bond acceptors (Lipinski definition) is 7. The van der Waals surface area contributed by atoms with Gasteiger partial charge in [-0.15, -0.1) is 11.3 Å². The van der Waals surface area contributed by atoms with Crippen molar-refractivity contribution < 1.29 is 14.7 Å². The van der Waals surface area contributed by atoms with Gasteiger partial charge in [0.25, 0.3) is 5.91 Å². The molecule has 3 N–H and O–H groups in total. The van der Waals surface area contributed by atoms with Crippen LogP contribution >= 0.6 is 11.3 Å². The van der Waals surface area contributed by atoms with Crippen molar-refractivity contribution in [3.63, 3.8) is 0 Å². The molecular weight excluding hydrogens is 354 g/mol. The highest BCUT2D eigenvalue weighted by molar-refractivity contribution is 7.14. The molecule has 1 aliphatic rings. The molecule has 3 rings (SSSR count). The summed E-state index contributed by atoms with van der Waals surface area (Å²) < 4.78 is 0. The van der Waals surface area contributed by atoms with Gasteiger partial charge in [0.1, 0.15) is 11.5 Å². The lowest BCUT2D eigenvalue weighted by Crippen LogP contribution is -2.54. The molecule has 0 aromatic carbocycles. The number of nitrogens with one attached hydrogen (secondary N) is 2. The number of amides is 1. The molecule has 1 fully saturated rings. The van der Waals surface area contributed by atoms with E-state index in [2.05, 4.69) is 20.6 Å². The maximum atomic E-state index is 12.3. The smallest absolute Gasteiger partial charge is 0.317 e. The van der Waals surface area contributed by atoms with E-state index < -0.39 is 5.97 Å². The number of thiazole rings is 1. The summed E-state index contributed by atoms with van der Waals surface area (Å²) in [6, 6.07) is 5.79. The fourth-order valence-electron chi connectivity index (χ4n) is 2.92. The first kappa shape index (κ1) is 18.3. The van der Waals surface area contributed by atoms with E-state index in [-0.39, 0.29) is 24.5 Å². The summed E-state index contributed by atoms with van der Waals surface area (Å²) >= 11 is 1.34. The van der Waals surface area contributed by atoms with E-state index in [1.807, 2.05) is 30.0 Å². The number of carbonyl (C=O) groups is 2. The van der Waals surface area contributed by atoms with Crippen molar-refractivity contribution in [2.45, 2.75) is 31.8 Å². The molecule has 0 atom stereocenters. The fraction of sp³-hybridized carbons (Fsp3) is 0.412. The zero-order chi connectivity index (χ0) is 18.5. The van der Waals surface area contributed by atoms with Gasteiger partial charge >= 0.3 is 5.97 Å². The lowest BCUT2D eigenvalue weighted by atomic mass is 9.85. The van der Waals surface area contributed by atoms with Crippen LogP contribution in [0.5, 0.6) is 0 Å². The summed E-state index contributed by atoms with van der Waals surface area (Å²) in [5.74, 6) is -0.358. The van der Waals surface area contributed by atoms with Gasteiger partial charge in [-0.25, -0.2) is 9.97 Å². The molecule has 138 valence electrons. The van der Waals surface area contributed by atoms with E-state index in [1.54, 1.807) is 11.6 Å². The summed E-state index contributed by atoms with van der Waals surface area (Å²) in [5, 5.41) is 17.3. The van der Waals surface area contributed by atoms with Crippen LogP contribution in [-0.4, -0.2) is 57.0 Å². The Balaban J connectivity index is 1.48. The van der Waals surface area contributed by atoms with Gasteiger partial charge in [0.05, 0.1) is 6.54 Å². The van der Waals surface area contributed by atoms with Crippen molar-refractivity contribution in [2.75, 3.05) is 18.4 Å². The highest BCUT2D eigenvalue weighted by atomic mass is 32.1. The Morgan fingerprint density at radius 1 is 1.38 bits per heavy atom. The lowest BCUT2D eigenvalue weighted by Gasteiger charge is -2.42. The number of likely N-dealkylation sites (N-methyl/N-ethyl adjacent to an activating group) is 1. The molecule has 1 aliphatic carbocycles. The fourth-order valence-corrected chi connectivity index (χ4v) is 3.62. The summed E-state index contributed by atoms with van der Waals surface area (Å²) in [4.78, 5) is 33.6. The molecule has 8 nitrogen and oxygen atoms in total. The number of aromatic nitrogens is 2. The van der Waals surface area contributed by atoms with Crippen molar-refractivity contribution in [3.8, 4) is 0 Å². The van der Waals surface area contributed by atoms with E-state index in [1.165, 1.54) is 11.3 Å². The average molecular weight is 375 g/mol. The van der Waals surface area contributed by atoms with Crippen molar-refractivity contribution in [1.29, 1.82) is 0 Å². The minimum atomic E-state index is -0.824. The lowest BCUT2D eigenvalue weighted by molar-refractivity contribution is -0.139. The van der Waals surface area contributed by atoms with Crippen molar-refractivity contribution >= 4 is 34.2 Å². The van der Waals surface area contributed by atoms with Gasteiger partial charge in [-0.05, 0) is 31.5 Å². The number of pyridine rings is 1. The molecule has 0 aliphatic heterocycles. The molecule has 0 bridgehead atoms. The van der Waals surface area contributed by atoms with E-state index >= 15 is 0 Å². The maximum Gasteiger partial charge on any atom is 0.317 e. The molecule has 0 saturated heterocycles. The Hall–Kier alpha value is -2.52. The number of rotatable bonds is 8. The molecule has 0 radical (unpaired) electrons. The normalized spacial score (nSPS) is 19.0. The third kappa shape index (κ3) is 4.55. The Bertz CT molecular complexity index is 761. The van der Waals surface area contributed by atoms with Crippen LogP contribution in [0.1, 0.15) is 30.3 Å². The Morgan fingerprint density at radius 3 is 2.85 bits per heavy atom. The number of anilines is 2. The third-order valence-electron chi connectivity index (χ3n) is 4.35. The first-order chi connectivity index (χ1) is 12.5. The minimum absolute atomic E-state index is 0.0382. The molecular formula is C17H21N5O3S. The van der Waals surface area contributed by atoms with Crippen molar-refractivity contribution in [2.24, 2.45) is 0 Å². The predicted molar refractivity (Wildman–Crippen MR) is 98.8 cm³/mol. The number of carboxylic acids is 1. The van der Waals surface area contributed by atoms with Crippen LogP contribution in [0.3, 0.4) is 0 Å². The van der Waals surface area contributed by atoms with Crippen LogP contribution in [0.25, 0.3) is 0 Å². The van der Waals surface area contributed by atoms with Crippen LogP contribution in [0.2, 0.25) is 0 Å². The van der Waals surface area contributed by atoms with Gasteiger partial charge < -0.3 is 15.7 Å². The molecule has 2 aromatic heterocycles. The largest absolute Gasteiger partial charge is 0.480 e. The minimum Gasteiger partial charge on any atom is -0.480 e. The predicted octanol–water partition coefficient (Wildman–Crippen LogP) is 1.95. The summed E-state index contributed by atoms with van der Waals surface area (Å²) in [7, 11) is 0. The number of carboxylic acid groups (broad SMARTS) is 1. The van der Waals surface area contributed by atoms with Gasteiger partial charge in [0.2, 0.25) is 0 Å². The first-order valence-electron chi connectivity index (χ1n) is 8.45. The molecule has 0 spiro atoms. The summed E-state index contributed by atoms with van der Waals surface area (Å²) in [5.41, 5.74) is 0.370. The van der Waals surface area contributed by atoms with E-state index in [4.69, 9.17) is 5.11 Å². The van der Waals surface area contributed by atoms with Crippen LogP contribution in [0, 0.1) is 0 Å². The van der Waals surface area contributed by atoms with Gasteiger partial charge in [0.15, 0.2) is 5.13 Å². The standard InChI is InChI=1S/C17H21N5O3S/c1-2-22(9-15(23)24)12-7-11(8-12)19-16(25)13-10-26-17(20-13)21-14-5-3-4-6-18-14/h3-6,10-12H,2,7-9H2,1H3,(H,19,25)(H,23,24)(H,18,20,21). The first-order valence-corrected chi connectivity index (χ1v) is 9.33. The van der Waals surface area contributed by atoms with Crippen LogP contribution in [-0.2, 0) is 4.79 Å². The van der Waals surface area contributed by atoms with Crippen LogP contribution < -0.4 is 10.6 Å². The van der Waals surface area contributed by atoms with Crippen molar-refractivity contribution in [3.05, 3.63) is 35.5 Å². The summed E-state index contributed by atoms with van der Waals surface area (Å²) in [6.07, 6.45) is 3.20.